The van der Waals surface area contributed by atoms with Gasteiger partial charge >= 0.3 is 6.18 Å². The van der Waals surface area contributed by atoms with Gasteiger partial charge in [-0.1, -0.05) is 69.7 Å². The number of unbranched alkanes of at least 4 members (excludes halogenated alkanes) is 6. The fourth-order valence-electron chi connectivity index (χ4n) is 4.36. The van der Waals surface area contributed by atoms with E-state index in [0.29, 0.717) is 23.1 Å². The summed E-state index contributed by atoms with van der Waals surface area (Å²) in [5.74, 6) is 0.253. The lowest BCUT2D eigenvalue weighted by Gasteiger charge is -2.30. The molecule has 2 aromatic carbocycles. The summed E-state index contributed by atoms with van der Waals surface area (Å²) in [5.41, 5.74) is 1.67. The predicted octanol–water partition coefficient (Wildman–Crippen LogP) is 6.95. The van der Waals surface area contributed by atoms with Crippen LogP contribution in [0.15, 0.2) is 36.4 Å². The maximum atomic E-state index is 14.2. The van der Waals surface area contributed by atoms with Gasteiger partial charge in [0, 0.05) is 6.54 Å². The number of benzene rings is 2. The van der Waals surface area contributed by atoms with Gasteiger partial charge in [-0.3, -0.25) is 10.2 Å². The van der Waals surface area contributed by atoms with E-state index in [1.54, 1.807) is 44.2 Å². The van der Waals surface area contributed by atoms with Crippen molar-refractivity contribution >= 4 is 16.7 Å². The van der Waals surface area contributed by atoms with Crippen molar-refractivity contribution < 1.29 is 22.7 Å². The normalized spacial score (nSPS) is 17.3. The van der Waals surface area contributed by atoms with E-state index in [1.165, 1.54) is 38.2 Å². The average Bonchev–Trinajstić information content (AvgIpc) is 3.00. The van der Waals surface area contributed by atoms with Gasteiger partial charge in [0.25, 0.3) is 0 Å². The number of nitrogens with zero attached hydrogens (tertiary/aromatic N) is 1. The summed E-state index contributed by atoms with van der Waals surface area (Å²) in [6, 6.07) is 8.18. The lowest BCUT2D eigenvalue weighted by Crippen LogP contribution is -2.43. The zero-order valence-electron chi connectivity index (χ0n) is 19.8. The Balaban J connectivity index is 1.72. The highest BCUT2D eigenvalue weighted by atomic mass is 19.4. The molecule has 182 valence electrons. The molecule has 1 aliphatic rings. The zero-order chi connectivity index (χ0) is 24.1. The van der Waals surface area contributed by atoms with E-state index in [-0.39, 0.29) is 12.1 Å². The second-order valence-corrected chi connectivity index (χ2v) is 9.60. The van der Waals surface area contributed by atoms with E-state index in [0.717, 1.165) is 17.9 Å². The standard InChI is InChI=1S/C26H35F3N2O2/c1-4-5-6-7-8-9-10-16-33-20-14-15-21-19(17-20)12-11-13-22(21)23(26(27,28)29)31-18-25(2,3)24(32)30-31/h11-15,17,23H,4-10,16,18H2,1-3H3,(H,30,32). The molecule has 4 nitrogen and oxygen atoms in total. The van der Waals surface area contributed by atoms with Crippen LogP contribution in [0.3, 0.4) is 0 Å². The van der Waals surface area contributed by atoms with Crippen LogP contribution in [-0.4, -0.2) is 30.2 Å². The molecule has 0 saturated carbocycles. The Morgan fingerprint density at radius 1 is 1.06 bits per heavy atom. The maximum absolute atomic E-state index is 14.2. The van der Waals surface area contributed by atoms with Gasteiger partial charge in [-0.15, -0.1) is 0 Å². The van der Waals surface area contributed by atoms with Crippen LogP contribution in [0.2, 0.25) is 0 Å². The largest absolute Gasteiger partial charge is 0.494 e. The minimum atomic E-state index is -4.55. The van der Waals surface area contributed by atoms with Crippen molar-refractivity contribution in [1.29, 1.82) is 0 Å². The molecular formula is C26H35F3N2O2. The van der Waals surface area contributed by atoms with Crippen molar-refractivity contribution in [2.75, 3.05) is 13.2 Å². The Bertz CT molecular complexity index is 943. The van der Waals surface area contributed by atoms with Crippen LogP contribution in [-0.2, 0) is 4.79 Å². The molecule has 7 heteroatoms. The number of rotatable bonds is 11. The van der Waals surface area contributed by atoms with Crippen LogP contribution in [0.1, 0.15) is 77.3 Å². The van der Waals surface area contributed by atoms with E-state index >= 15 is 0 Å². The summed E-state index contributed by atoms with van der Waals surface area (Å²) < 4.78 is 48.4. The van der Waals surface area contributed by atoms with E-state index in [1.807, 2.05) is 0 Å². The molecule has 0 radical (unpaired) electrons. The van der Waals surface area contributed by atoms with Gasteiger partial charge in [0.15, 0.2) is 6.04 Å². The molecular weight excluding hydrogens is 429 g/mol. The predicted molar refractivity (Wildman–Crippen MR) is 125 cm³/mol. The summed E-state index contributed by atoms with van der Waals surface area (Å²) in [4.78, 5) is 12.2. The first-order valence-corrected chi connectivity index (χ1v) is 11.9. The van der Waals surface area contributed by atoms with E-state index in [2.05, 4.69) is 12.3 Å². The molecule has 1 atom stereocenters. The van der Waals surface area contributed by atoms with Crippen LogP contribution in [0, 0.1) is 5.41 Å². The molecule has 0 aromatic heterocycles. The first-order valence-electron chi connectivity index (χ1n) is 11.9. The molecule has 1 unspecified atom stereocenters. The quantitative estimate of drug-likeness (QED) is 0.366. The number of carbonyl (C=O) groups excluding carboxylic acids is 1. The fraction of sp³-hybridized carbons (Fsp3) is 0.577. The van der Waals surface area contributed by atoms with E-state index < -0.39 is 23.5 Å². The van der Waals surface area contributed by atoms with Gasteiger partial charge in [-0.2, -0.15) is 13.2 Å². The maximum Gasteiger partial charge on any atom is 0.409 e. The Kier molecular flexibility index (Phi) is 8.27. The minimum absolute atomic E-state index is 0.0218. The number of carbonyl (C=O) groups is 1. The zero-order valence-corrected chi connectivity index (χ0v) is 19.8. The van der Waals surface area contributed by atoms with Gasteiger partial charge in [-0.25, -0.2) is 5.01 Å². The monoisotopic (exact) mass is 464 g/mol. The number of alkyl halides is 3. The van der Waals surface area contributed by atoms with E-state index in [4.69, 9.17) is 4.74 Å². The van der Waals surface area contributed by atoms with Crippen molar-refractivity contribution in [2.24, 2.45) is 5.41 Å². The molecule has 1 aliphatic heterocycles. The van der Waals surface area contributed by atoms with Crippen molar-refractivity contribution in [3.63, 3.8) is 0 Å². The highest BCUT2D eigenvalue weighted by Crippen LogP contribution is 2.43. The number of amides is 1. The van der Waals surface area contributed by atoms with Crippen molar-refractivity contribution in [1.82, 2.24) is 10.4 Å². The second-order valence-electron chi connectivity index (χ2n) is 9.60. The van der Waals surface area contributed by atoms with Gasteiger partial charge in [0.2, 0.25) is 5.91 Å². The Morgan fingerprint density at radius 3 is 2.39 bits per heavy atom. The Labute approximate surface area is 194 Å². The molecule has 1 amide bonds. The van der Waals surface area contributed by atoms with Crippen LogP contribution in [0.4, 0.5) is 13.2 Å². The number of ether oxygens (including phenoxy) is 1. The number of nitrogens with one attached hydrogen (secondary N) is 1. The number of hydrogen-bond donors (Lipinski definition) is 1. The molecule has 0 spiro atoms. The second kappa shape index (κ2) is 10.8. The van der Waals surface area contributed by atoms with E-state index in [9.17, 15) is 18.0 Å². The average molecular weight is 465 g/mol. The molecule has 1 N–H and O–H groups in total. The Hall–Kier alpha value is -2.28. The Morgan fingerprint density at radius 2 is 1.76 bits per heavy atom. The SMILES string of the molecule is CCCCCCCCCOc1ccc2c(C(N3CC(C)(C)C(=O)N3)C(F)(F)F)cccc2c1. The summed E-state index contributed by atoms with van der Waals surface area (Å²) in [5, 5.41) is 2.20. The van der Waals surface area contributed by atoms with Gasteiger partial charge in [0.1, 0.15) is 5.75 Å². The minimum Gasteiger partial charge on any atom is -0.494 e. The molecule has 3 rings (SSSR count). The number of hydrogen-bond acceptors (Lipinski definition) is 3. The van der Waals surface area contributed by atoms with Crippen LogP contribution < -0.4 is 10.2 Å². The molecule has 0 aliphatic carbocycles. The highest BCUT2D eigenvalue weighted by molar-refractivity contribution is 5.88. The third kappa shape index (κ3) is 6.40. The first kappa shape index (κ1) is 25.3. The van der Waals surface area contributed by atoms with Crippen molar-refractivity contribution in [2.45, 2.75) is 77.9 Å². The smallest absolute Gasteiger partial charge is 0.409 e. The van der Waals surface area contributed by atoms with Crippen LogP contribution >= 0.6 is 0 Å². The van der Waals surface area contributed by atoms with Crippen molar-refractivity contribution in [3.8, 4) is 5.75 Å². The molecule has 2 aromatic rings. The lowest BCUT2D eigenvalue weighted by atomic mass is 9.93. The molecule has 1 fully saturated rings. The number of hydrazine groups is 1. The third-order valence-electron chi connectivity index (χ3n) is 6.24. The summed E-state index contributed by atoms with van der Waals surface area (Å²) >= 11 is 0. The fourth-order valence-corrected chi connectivity index (χ4v) is 4.36. The van der Waals surface area contributed by atoms with Gasteiger partial charge in [0.05, 0.1) is 12.0 Å². The summed E-state index contributed by atoms with van der Waals surface area (Å²) in [6.45, 7) is 6.07. The molecule has 1 saturated heterocycles. The molecule has 33 heavy (non-hydrogen) atoms. The molecule has 1 heterocycles. The lowest BCUT2D eigenvalue weighted by molar-refractivity contribution is -0.191. The third-order valence-corrected chi connectivity index (χ3v) is 6.24. The number of halogens is 3. The number of fused-ring (bicyclic) bond motifs is 1. The van der Waals surface area contributed by atoms with Crippen LogP contribution in [0.25, 0.3) is 10.8 Å². The molecule has 0 bridgehead atoms. The van der Waals surface area contributed by atoms with Crippen molar-refractivity contribution in [3.05, 3.63) is 42.0 Å². The summed E-state index contributed by atoms with van der Waals surface area (Å²) in [6.07, 6.45) is 3.79. The first-order chi connectivity index (χ1) is 15.6. The van der Waals surface area contributed by atoms with Crippen LogP contribution in [0.5, 0.6) is 5.75 Å². The topological polar surface area (TPSA) is 41.6 Å². The van der Waals surface area contributed by atoms with Gasteiger partial charge in [-0.05, 0) is 48.7 Å². The summed E-state index contributed by atoms with van der Waals surface area (Å²) in [7, 11) is 0. The highest BCUT2D eigenvalue weighted by Gasteiger charge is 2.51. The van der Waals surface area contributed by atoms with Gasteiger partial charge < -0.3 is 4.74 Å².